The van der Waals surface area contributed by atoms with E-state index in [-0.39, 0.29) is 5.92 Å². The Balaban J connectivity index is 1.75. The second-order valence-electron chi connectivity index (χ2n) is 5.97. The smallest absolute Gasteiger partial charge is 0.137 e. The van der Waals surface area contributed by atoms with Crippen LogP contribution >= 0.6 is 11.6 Å². The minimum atomic E-state index is -0.703. The van der Waals surface area contributed by atoms with Crippen molar-refractivity contribution in [2.24, 2.45) is 5.92 Å². The fourth-order valence-corrected chi connectivity index (χ4v) is 3.42. The van der Waals surface area contributed by atoms with Crippen molar-refractivity contribution in [3.63, 3.8) is 0 Å². The van der Waals surface area contributed by atoms with Crippen LogP contribution in [-0.2, 0) is 13.0 Å². The van der Waals surface area contributed by atoms with E-state index in [1.807, 2.05) is 24.3 Å². The van der Waals surface area contributed by atoms with Crippen LogP contribution in [0.2, 0.25) is 5.02 Å². The van der Waals surface area contributed by atoms with Crippen molar-refractivity contribution < 1.29 is 5.11 Å². The van der Waals surface area contributed by atoms with Gasteiger partial charge >= 0.3 is 0 Å². The van der Waals surface area contributed by atoms with Gasteiger partial charge in [0.2, 0.25) is 0 Å². The van der Waals surface area contributed by atoms with Crippen molar-refractivity contribution in [3.05, 3.63) is 47.5 Å². The molecule has 21 heavy (non-hydrogen) atoms. The molecule has 0 unspecified atom stereocenters. The first-order valence-corrected chi connectivity index (χ1v) is 7.83. The lowest BCUT2D eigenvalue weighted by Gasteiger charge is -2.40. The van der Waals surface area contributed by atoms with Crippen LogP contribution in [-0.4, -0.2) is 25.5 Å². The molecule has 1 saturated carbocycles. The first-order chi connectivity index (χ1) is 10.2. The van der Waals surface area contributed by atoms with Gasteiger partial charge in [0.25, 0.3) is 0 Å². The molecule has 1 aromatic carbocycles. The van der Waals surface area contributed by atoms with E-state index in [4.69, 9.17) is 11.6 Å². The predicted octanol–water partition coefficient (Wildman–Crippen LogP) is 3.10. The lowest BCUT2D eigenvalue weighted by Crippen LogP contribution is -2.45. The SMILES string of the molecule is O[C@@]1(Cn2cncn2)CCCC[C@H]1Cc1ccc(Cl)cc1. The average Bonchev–Trinajstić information content (AvgIpc) is 2.96. The highest BCUT2D eigenvalue weighted by atomic mass is 35.5. The van der Waals surface area contributed by atoms with E-state index in [0.29, 0.717) is 6.54 Å². The van der Waals surface area contributed by atoms with Crippen molar-refractivity contribution >= 4 is 11.6 Å². The van der Waals surface area contributed by atoms with Gasteiger partial charge in [-0.1, -0.05) is 36.6 Å². The molecule has 0 radical (unpaired) electrons. The summed E-state index contributed by atoms with van der Waals surface area (Å²) in [6.07, 6.45) is 8.19. The summed E-state index contributed by atoms with van der Waals surface area (Å²) in [4.78, 5) is 3.96. The summed E-state index contributed by atoms with van der Waals surface area (Å²) in [5.41, 5.74) is 0.523. The highest BCUT2D eigenvalue weighted by Gasteiger charge is 2.39. The number of rotatable bonds is 4. The zero-order valence-electron chi connectivity index (χ0n) is 12.0. The van der Waals surface area contributed by atoms with Crippen molar-refractivity contribution in [2.75, 3.05) is 0 Å². The number of benzene rings is 1. The molecule has 2 aromatic rings. The summed E-state index contributed by atoms with van der Waals surface area (Å²) in [7, 11) is 0. The predicted molar refractivity (Wildman–Crippen MR) is 82.1 cm³/mol. The topological polar surface area (TPSA) is 50.9 Å². The third-order valence-corrected chi connectivity index (χ3v) is 4.72. The Morgan fingerprint density at radius 3 is 2.81 bits per heavy atom. The molecule has 0 aliphatic heterocycles. The molecular formula is C16H20ClN3O. The number of hydrogen-bond acceptors (Lipinski definition) is 3. The third kappa shape index (κ3) is 3.44. The van der Waals surface area contributed by atoms with Crippen molar-refractivity contribution in [2.45, 2.75) is 44.2 Å². The molecule has 0 bridgehead atoms. The van der Waals surface area contributed by atoms with Gasteiger partial charge in [-0.05, 0) is 42.9 Å². The number of nitrogens with zero attached hydrogens (tertiary/aromatic N) is 3. The third-order valence-electron chi connectivity index (χ3n) is 4.47. The summed E-state index contributed by atoms with van der Waals surface area (Å²) in [6.45, 7) is 0.519. The largest absolute Gasteiger partial charge is 0.388 e. The maximum atomic E-state index is 11.1. The summed E-state index contributed by atoms with van der Waals surface area (Å²) < 4.78 is 1.74. The molecule has 1 aliphatic rings. The summed E-state index contributed by atoms with van der Waals surface area (Å²) in [6, 6.07) is 7.92. The molecule has 1 heterocycles. The van der Waals surface area contributed by atoms with Gasteiger partial charge in [-0.3, -0.25) is 4.68 Å². The molecule has 2 atom stereocenters. The molecule has 112 valence electrons. The summed E-state index contributed by atoms with van der Waals surface area (Å²) in [5.74, 6) is 0.247. The number of halogens is 1. The fourth-order valence-electron chi connectivity index (χ4n) is 3.29. The quantitative estimate of drug-likeness (QED) is 0.944. The van der Waals surface area contributed by atoms with Gasteiger partial charge in [0.1, 0.15) is 12.7 Å². The lowest BCUT2D eigenvalue weighted by molar-refractivity contribution is -0.0637. The Hall–Kier alpha value is -1.39. The molecule has 0 amide bonds. The Labute approximate surface area is 129 Å². The van der Waals surface area contributed by atoms with Gasteiger partial charge < -0.3 is 5.11 Å². The molecule has 1 fully saturated rings. The van der Waals surface area contributed by atoms with Gasteiger partial charge in [0, 0.05) is 5.02 Å². The zero-order valence-corrected chi connectivity index (χ0v) is 12.7. The minimum Gasteiger partial charge on any atom is -0.388 e. The Bertz CT molecular complexity index is 570. The van der Waals surface area contributed by atoms with Gasteiger partial charge in [0.15, 0.2) is 0 Å². The van der Waals surface area contributed by atoms with Gasteiger partial charge in [0.05, 0.1) is 12.1 Å². The van der Waals surface area contributed by atoms with Crippen LogP contribution < -0.4 is 0 Å². The lowest BCUT2D eigenvalue weighted by atomic mass is 9.72. The highest BCUT2D eigenvalue weighted by molar-refractivity contribution is 6.30. The van der Waals surface area contributed by atoms with Gasteiger partial charge in [-0.15, -0.1) is 0 Å². The van der Waals surface area contributed by atoms with E-state index < -0.39 is 5.60 Å². The van der Waals surface area contributed by atoms with Gasteiger partial charge in [-0.2, -0.15) is 5.10 Å². The maximum Gasteiger partial charge on any atom is 0.137 e. The van der Waals surface area contributed by atoms with Crippen LogP contribution in [0, 0.1) is 5.92 Å². The Morgan fingerprint density at radius 2 is 2.10 bits per heavy atom. The molecule has 3 rings (SSSR count). The summed E-state index contributed by atoms with van der Waals surface area (Å²) >= 11 is 5.94. The van der Waals surface area contributed by atoms with Crippen LogP contribution in [0.4, 0.5) is 0 Å². The molecule has 1 aliphatic carbocycles. The molecular weight excluding hydrogens is 286 g/mol. The Kier molecular flexibility index (Phi) is 4.27. The van der Waals surface area contributed by atoms with Crippen LogP contribution in [0.25, 0.3) is 0 Å². The normalized spacial score (nSPS) is 25.9. The molecule has 4 nitrogen and oxygen atoms in total. The highest BCUT2D eigenvalue weighted by Crippen LogP contribution is 2.37. The summed E-state index contributed by atoms with van der Waals surface area (Å²) in [5, 5.41) is 16.0. The molecule has 0 spiro atoms. The molecule has 5 heteroatoms. The molecule has 1 N–H and O–H groups in total. The van der Waals surface area contributed by atoms with E-state index in [9.17, 15) is 5.11 Å². The minimum absolute atomic E-state index is 0.247. The second kappa shape index (κ2) is 6.16. The van der Waals surface area contributed by atoms with Crippen molar-refractivity contribution in [1.82, 2.24) is 14.8 Å². The van der Waals surface area contributed by atoms with Crippen molar-refractivity contribution in [3.8, 4) is 0 Å². The first kappa shape index (κ1) is 14.5. The van der Waals surface area contributed by atoms with Crippen LogP contribution in [0.1, 0.15) is 31.2 Å². The number of hydrogen-bond donors (Lipinski definition) is 1. The average molecular weight is 306 g/mol. The maximum absolute atomic E-state index is 11.1. The van der Waals surface area contributed by atoms with Crippen LogP contribution in [0.3, 0.4) is 0 Å². The fraction of sp³-hybridized carbons (Fsp3) is 0.500. The van der Waals surface area contributed by atoms with E-state index in [1.54, 1.807) is 11.0 Å². The number of aromatic nitrogens is 3. The van der Waals surface area contributed by atoms with Crippen LogP contribution in [0.15, 0.2) is 36.9 Å². The monoisotopic (exact) mass is 305 g/mol. The van der Waals surface area contributed by atoms with E-state index in [1.165, 1.54) is 18.3 Å². The van der Waals surface area contributed by atoms with E-state index in [0.717, 1.165) is 30.7 Å². The number of aliphatic hydroxyl groups is 1. The zero-order chi connectivity index (χ0) is 14.7. The van der Waals surface area contributed by atoms with Gasteiger partial charge in [-0.25, -0.2) is 4.98 Å². The van der Waals surface area contributed by atoms with Crippen LogP contribution in [0.5, 0.6) is 0 Å². The van der Waals surface area contributed by atoms with E-state index >= 15 is 0 Å². The Morgan fingerprint density at radius 1 is 1.29 bits per heavy atom. The molecule has 0 saturated heterocycles. The standard InChI is InChI=1S/C16H20ClN3O/c17-15-6-4-13(5-7-15)9-14-3-1-2-8-16(14,21)10-20-12-18-11-19-20/h4-7,11-12,14,21H,1-3,8-10H2/t14-,16+/m0/s1. The van der Waals surface area contributed by atoms with E-state index in [2.05, 4.69) is 10.1 Å². The van der Waals surface area contributed by atoms with Crippen molar-refractivity contribution in [1.29, 1.82) is 0 Å². The second-order valence-corrected chi connectivity index (χ2v) is 6.41. The first-order valence-electron chi connectivity index (χ1n) is 7.45. The molecule has 1 aromatic heterocycles.